The molecule has 0 radical (unpaired) electrons. The molecule has 1 heterocycles. The normalized spacial score (nSPS) is 23.0. The second-order valence-corrected chi connectivity index (χ2v) is 3.48. The van der Waals surface area contributed by atoms with Crippen LogP contribution >= 0.6 is 0 Å². The predicted molar refractivity (Wildman–Crippen MR) is 51.3 cm³/mol. The molecule has 0 bridgehead atoms. The number of methoxy groups -OCH3 is 2. The van der Waals surface area contributed by atoms with Crippen LogP contribution in [-0.2, 0) is 28.6 Å². The highest BCUT2D eigenvalue weighted by Crippen LogP contribution is 2.29. The van der Waals surface area contributed by atoms with Crippen molar-refractivity contribution in [1.82, 2.24) is 0 Å². The summed E-state index contributed by atoms with van der Waals surface area (Å²) in [5, 5.41) is 0. The molecule has 1 rings (SSSR count). The van der Waals surface area contributed by atoms with Crippen molar-refractivity contribution in [2.45, 2.75) is 25.4 Å². The molecule has 0 aromatic heterocycles. The Morgan fingerprint density at radius 1 is 1.25 bits per heavy atom. The highest BCUT2D eigenvalue weighted by molar-refractivity contribution is 5.84. The first-order valence-corrected chi connectivity index (χ1v) is 4.92. The van der Waals surface area contributed by atoms with E-state index in [2.05, 4.69) is 9.47 Å². The summed E-state index contributed by atoms with van der Waals surface area (Å²) in [6.07, 6.45) is 0.165. The number of cyclic esters (lactones) is 1. The maximum atomic E-state index is 11.1. The third-order valence-electron chi connectivity index (χ3n) is 2.49. The van der Waals surface area contributed by atoms with Crippen LogP contribution in [0.4, 0.5) is 0 Å². The summed E-state index contributed by atoms with van der Waals surface area (Å²) in [6, 6.07) is 0. The molecule has 2 unspecified atom stereocenters. The summed E-state index contributed by atoms with van der Waals surface area (Å²) < 4.78 is 13.8. The van der Waals surface area contributed by atoms with E-state index in [-0.39, 0.29) is 24.9 Å². The van der Waals surface area contributed by atoms with Gasteiger partial charge in [-0.1, -0.05) is 0 Å². The van der Waals surface area contributed by atoms with Crippen molar-refractivity contribution in [3.63, 3.8) is 0 Å². The van der Waals surface area contributed by atoms with Crippen LogP contribution in [0.5, 0.6) is 0 Å². The number of hydrogen-bond donors (Lipinski definition) is 0. The molecule has 1 fully saturated rings. The summed E-state index contributed by atoms with van der Waals surface area (Å²) in [4.78, 5) is 32.9. The minimum Gasteiger partial charge on any atom is -0.469 e. The van der Waals surface area contributed by atoms with E-state index < -0.39 is 17.9 Å². The monoisotopic (exact) mass is 230 g/mol. The zero-order valence-electron chi connectivity index (χ0n) is 9.23. The van der Waals surface area contributed by atoms with E-state index in [1.165, 1.54) is 14.2 Å². The highest BCUT2D eigenvalue weighted by atomic mass is 16.6. The van der Waals surface area contributed by atoms with Gasteiger partial charge in [-0.25, -0.2) is 0 Å². The van der Waals surface area contributed by atoms with Crippen molar-refractivity contribution >= 4 is 17.9 Å². The predicted octanol–water partition coefficient (Wildman–Crippen LogP) is 0.0443. The first-order valence-electron chi connectivity index (χ1n) is 4.92. The minimum atomic E-state index is -0.489. The Labute approximate surface area is 92.8 Å². The van der Waals surface area contributed by atoms with E-state index in [0.717, 1.165) is 0 Å². The number of rotatable bonds is 5. The van der Waals surface area contributed by atoms with E-state index in [0.29, 0.717) is 6.42 Å². The molecule has 2 atom stereocenters. The fraction of sp³-hybridized carbons (Fsp3) is 0.700. The number of esters is 3. The second-order valence-electron chi connectivity index (χ2n) is 3.48. The summed E-state index contributed by atoms with van der Waals surface area (Å²) in [7, 11) is 2.55. The standard InChI is InChI=1S/C10H14O6/c1-14-8(11)4-3-7-6(10(13)16-7)5-9(12)15-2/h6-7H,3-5H2,1-2H3. The second kappa shape index (κ2) is 5.48. The van der Waals surface area contributed by atoms with Crippen LogP contribution in [0.1, 0.15) is 19.3 Å². The van der Waals surface area contributed by atoms with Crippen LogP contribution in [-0.4, -0.2) is 38.2 Å². The van der Waals surface area contributed by atoms with E-state index >= 15 is 0 Å². The van der Waals surface area contributed by atoms with Crippen LogP contribution in [0.25, 0.3) is 0 Å². The summed E-state index contributed by atoms with van der Waals surface area (Å²) in [5.41, 5.74) is 0. The molecule has 1 aliphatic rings. The van der Waals surface area contributed by atoms with Gasteiger partial charge in [0, 0.05) is 6.42 Å². The molecule has 0 spiro atoms. The zero-order valence-corrected chi connectivity index (χ0v) is 9.23. The fourth-order valence-electron chi connectivity index (χ4n) is 1.50. The molecule has 0 aromatic rings. The molecule has 1 saturated heterocycles. The Morgan fingerprint density at radius 3 is 2.38 bits per heavy atom. The van der Waals surface area contributed by atoms with Gasteiger partial charge in [0.2, 0.25) is 0 Å². The molecule has 0 amide bonds. The fourth-order valence-corrected chi connectivity index (χ4v) is 1.50. The number of carbonyl (C=O) groups is 3. The number of ether oxygens (including phenoxy) is 3. The molecule has 1 aliphatic heterocycles. The molecule has 6 nitrogen and oxygen atoms in total. The Kier molecular flexibility index (Phi) is 4.28. The lowest BCUT2D eigenvalue weighted by Crippen LogP contribution is -2.46. The third-order valence-corrected chi connectivity index (χ3v) is 2.49. The van der Waals surface area contributed by atoms with Crippen LogP contribution in [0.2, 0.25) is 0 Å². The smallest absolute Gasteiger partial charge is 0.313 e. The van der Waals surface area contributed by atoms with Crippen molar-refractivity contribution in [3.05, 3.63) is 0 Å². The van der Waals surface area contributed by atoms with E-state index in [1.54, 1.807) is 0 Å². The lowest BCUT2D eigenvalue weighted by atomic mass is 9.90. The Morgan fingerprint density at radius 2 is 1.88 bits per heavy atom. The van der Waals surface area contributed by atoms with Crippen molar-refractivity contribution in [2.75, 3.05) is 14.2 Å². The molecule has 0 aliphatic carbocycles. The van der Waals surface area contributed by atoms with Crippen LogP contribution in [0.3, 0.4) is 0 Å². The average molecular weight is 230 g/mol. The van der Waals surface area contributed by atoms with Gasteiger partial charge in [0.1, 0.15) is 12.0 Å². The molecule has 0 N–H and O–H groups in total. The van der Waals surface area contributed by atoms with Gasteiger partial charge in [-0.15, -0.1) is 0 Å². The van der Waals surface area contributed by atoms with Gasteiger partial charge in [0.25, 0.3) is 0 Å². The van der Waals surface area contributed by atoms with E-state index in [1.807, 2.05) is 0 Å². The zero-order chi connectivity index (χ0) is 12.1. The molecule has 6 heteroatoms. The third kappa shape index (κ3) is 2.95. The number of carbonyl (C=O) groups excluding carboxylic acids is 3. The molecule has 0 saturated carbocycles. The Hall–Kier alpha value is -1.59. The maximum absolute atomic E-state index is 11.1. The van der Waals surface area contributed by atoms with Gasteiger partial charge in [-0.2, -0.15) is 0 Å². The van der Waals surface area contributed by atoms with Gasteiger partial charge >= 0.3 is 17.9 Å². The van der Waals surface area contributed by atoms with Gasteiger partial charge in [-0.3, -0.25) is 14.4 Å². The van der Waals surface area contributed by atoms with Crippen LogP contribution in [0, 0.1) is 5.92 Å². The van der Waals surface area contributed by atoms with Crippen LogP contribution < -0.4 is 0 Å². The summed E-state index contributed by atoms with van der Waals surface area (Å²) in [5.74, 6) is -1.72. The molecule has 0 aromatic carbocycles. The van der Waals surface area contributed by atoms with Crippen molar-refractivity contribution in [3.8, 4) is 0 Å². The maximum Gasteiger partial charge on any atom is 0.313 e. The minimum absolute atomic E-state index is 0.00116. The molecular weight excluding hydrogens is 216 g/mol. The molecule has 16 heavy (non-hydrogen) atoms. The largest absolute Gasteiger partial charge is 0.469 e. The Balaban J connectivity index is 2.35. The average Bonchev–Trinajstić information content (AvgIpc) is 2.30. The van der Waals surface area contributed by atoms with Gasteiger partial charge in [-0.05, 0) is 6.42 Å². The first kappa shape index (κ1) is 12.5. The molecular formula is C10H14O6. The van der Waals surface area contributed by atoms with Gasteiger partial charge in [0.05, 0.1) is 20.6 Å². The quantitative estimate of drug-likeness (QED) is 0.490. The lowest BCUT2D eigenvalue weighted by molar-refractivity contribution is -0.189. The van der Waals surface area contributed by atoms with Crippen molar-refractivity contribution in [1.29, 1.82) is 0 Å². The summed E-state index contributed by atoms with van der Waals surface area (Å²) >= 11 is 0. The van der Waals surface area contributed by atoms with Crippen molar-refractivity contribution in [2.24, 2.45) is 5.92 Å². The highest BCUT2D eigenvalue weighted by Gasteiger charge is 2.43. The molecule has 90 valence electrons. The van der Waals surface area contributed by atoms with Crippen molar-refractivity contribution < 1.29 is 28.6 Å². The number of hydrogen-bond acceptors (Lipinski definition) is 6. The topological polar surface area (TPSA) is 78.9 Å². The van der Waals surface area contributed by atoms with E-state index in [9.17, 15) is 14.4 Å². The SMILES string of the molecule is COC(=O)CCC1OC(=O)C1CC(=O)OC. The summed E-state index contributed by atoms with van der Waals surface area (Å²) in [6.45, 7) is 0. The van der Waals surface area contributed by atoms with Gasteiger partial charge < -0.3 is 14.2 Å². The van der Waals surface area contributed by atoms with E-state index in [4.69, 9.17) is 4.74 Å². The Bertz CT molecular complexity index is 298. The lowest BCUT2D eigenvalue weighted by Gasteiger charge is -2.34. The first-order chi connectivity index (χ1) is 7.58. The van der Waals surface area contributed by atoms with Crippen LogP contribution in [0.15, 0.2) is 0 Å². The van der Waals surface area contributed by atoms with Gasteiger partial charge in [0.15, 0.2) is 0 Å².